The zero-order chi connectivity index (χ0) is 13.7. The van der Waals surface area contributed by atoms with Crippen LogP contribution >= 0.6 is 34.9 Å². The number of thioether (sulfide) groups is 2. The zero-order valence-electron chi connectivity index (χ0n) is 10.7. The molecule has 0 aliphatic heterocycles. The molecule has 0 fully saturated rings. The quantitative estimate of drug-likeness (QED) is 0.827. The molecule has 0 aliphatic rings. The summed E-state index contributed by atoms with van der Waals surface area (Å²) in [6.07, 6.45) is 2.00. The molecule has 1 aromatic carbocycles. The van der Waals surface area contributed by atoms with Crippen molar-refractivity contribution < 1.29 is 4.74 Å². The van der Waals surface area contributed by atoms with Crippen LogP contribution in [0.25, 0.3) is 0 Å². The lowest BCUT2D eigenvalue weighted by atomic mass is 10.1. The van der Waals surface area contributed by atoms with E-state index in [0.29, 0.717) is 0 Å². The van der Waals surface area contributed by atoms with Gasteiger partial charge in [0.05, 0.1) is 7.11 Å². The Kier molecular flexibility index (Phi) is 5.50. The largest absolute Gasteiger partial charge is 0.496 e. The van der Waals surface area contributed by atoms with Gasteiger partial charge in [0.2, 0.25) is 0 Å². The van der Waals surface area contributed by atoms with E-state index in [-0.39, 0.29) is 6.04 Å². The fourth-order valence-corrected chi connectivity index (χ4v) is 4.00. The van der Waals surface area contributed by atoms with Gasteiger partial charge in [-0.05, 0) is 12.3 Å². The molecule has 2 rings (SSSR count). The second-order valence-electron chi connectivity index (χ2n) is 3.70. The Morgan fingerprint density at radius 1 is 1.32 bits per heavy atom. The standard InChI is InChI=1S/C12H15N3OS3/c1-16-10-6-4-3-5-8(10)9(13)7-18-12-15-14-11(17-2)19-12/h3-6,9H,7,13H2,1-2H3. The van der Waals surface area contributed by atoms with Gasteiger partial charge in [0.15, 0.2) is 8.68 Å². The highest BCUT2D eigenvalue weighted by Gasteiger charge is 2.13. The van der Waals surface area contributed by atoms with E-state index in [0.717, 1.165) is 25.7 Å². The van der Waals surface area contributed by atoms with E-state index in [1.54, 1.807) is 42.0 Å². The smallest absolute Gasteiger partial charge is 0.175 e. The summed E-state index contributed by atoms with van der Waals surface area (Å²) in [4.78, 5) is 0. The van der Waals surface area contributed by atoms with E-state index >= 15 is 0 Å². The number of ether oxygens (including phenoxy) is 1. The Hall–Kier alpha value is -0.760. The molecule has 4 nitrogen and oxygen atoms in total. The molecule has 0 aliphatic carbocycles. The van der Waals surface area contributed by atoms with Gasteiger partial charge in [0.1, 0.15) is 5.75 Å². The fraction of sp³-hybridized carbons (Fsp3) is 0.333. The maximum absolute atomic E-state index is 6.21. The molecule has 2 aromatic rings. The van der Waals surface area contributed by atoms with Gasteiger partial charge in [-0.25, -0.2) is 0 Å². The number of benzene rings is 1. The predicted octanol–water partition coefficient (Wildman–Crippen LogP) is 3.06. The van der Waals surface area contributed by atoms with E-state index in [9.17, 15) is 0 Å². The lowest BCUT2D eigenvalue weighted by Gasteiger charge is -2.14. The van der Waals surface area contributed by atoms with Crippen LogP contribution in [0.4, 0.5) is 0 Å². The fourth-order valence-electron chi connectivity index (χ4n) is 1.56. The van der Waals surface area contributed by atoms with Gasteiger partial charge in [0.25, 0.3) is 0 Å². The van der Waals surface area contributed by atoms with E-state index in [1.807, 2.05) is 30.5 Å². The monoisotopic (exact) mass is 313 g/mol. The molecule has 1 aromatic heterocycles. The van der Waals surface area contributed by atoms with Crippen molar-refractivity contribution in [3.8, 4) is 5.75 Å². The SMILES string of the molecule is COc1ccccc1C(N)CSc1nnc(SC)s1. The van der Waals surface area contributed by atoms with E-state index in [4.69, 9.17) is 10.5 Å². The number of hydrogen-bond acceptors (Lipinski definition) is 7. The van der Waals surface area contributed by atoms with Crippen LogP contribution in [-0.2, 0) is 0 Å². The van der Waals surface area contributed by atoms with Crippen LogP contribution in [-0.4, -0.2) is 29.3 Å². The lowest BCUT2D eigenvalue weighted by molar-refractivity contribution is 0.407. The number of nitrogens with two attached hydrogens (primary N) is 1. The summed E-state index contributed by atoms with van der Waals surface area (Å²) >= 11 is 4.83. The third-order valence-electron chi connectivity index (χ3n) is 2.49. The van der Waals surface area contributed by atoms with Crippen molar-refractivity contribution in [3.05, 3.63) is 29.8 Å². The maximum atomic E-state index is 6.21. The van der Waals surface area contributed by atoms with Crippen molar-refractivity contribution in [2.24, 2.45) is 5.73 Å². The van der Waals surface area contributed by atoms with Gasteiger partial charge >= 0.3 is 0 Å². The average Bonchev–Trinajstić information content (AvgIpc) is 2.92. The summed E-state index contributed by atoms with van der Waals surface area (Å²) in [6.45, 7) is 0. The Morgan fingerprint density at radius 3 is 2.74 bits per heavy atom. The molecule has 0 bridgehead atoms. The summed E-state index contributed by atoms with van der Waals surface area (Å²) in [7, 11) is 1.66. The van der Waals surface area contributed by atoms with Crippen LogP contribution in [0.5, 0.6) is 5.75 Å². The van der Waals surface area contributed by atoms with Crippen LogP contribution in [0.1, 0.15) is 11.6 Å². The number of hydrogen-bond donors (Lipinski definition) is 1. The van der Waals surface area contributed by atoms with Gasteiger partial charge in [-0.15, -0.1) is 10.2 Å². The molecular weight excluding hydrogens is 298 g/mol. The predicted molar refractivity (Wildman–Crippen MR) is 82.3 cm³/mol. The van der Waals surface area contributed by atoms with Crippen molar-refractivity contribution in [3.63, 3.8) is 0 Å². The first-order chi connectivity index (χ1) is 9.24. The Bertz CT molecular complexity index is 532. The third-order valence-corrected chi connectivity index (χ3v) is 5.64. The molecule has 1 heterocycles. The van der Waals surface area contributed by atoms with Crippen molar-refractivity contribution in [2.75, 3.05) is 19.1 Å². The number of methoxy groups -OCH3 is 1. The van der Waals surface area contributed by atoms with Gasteiger partial charge in [-0.1, -0.05) is 53.1 Å². The number of nitrogens with zero attached hydrogens (tertiary/aromatic N) is 2. The van der Waals surface area contributed by atoms with E-state index in [1.165, 1.54) is 0 Å². The highest BCUT2D eigenvalue weighted by molar-refractivity contribution is 8.02. The molecule has 0 saturated heterocycles. The Labute approximate surface area is 125 Å². The van der Waals surface area contributed by atoms with Crippen LogP contribution in [0.15, 0.2) is 32.9 Å². The molecule has 7 heteroatoms. The first kappa shape index (κ1) is 14.6. The number of aromatic nitrogens is 2. The second-order valence-corrected chi connectivity index (χ2v) is 7.00. The third kappa shape index (κ3) is 3.85. The highest BCUT2D eigenvalue weighted by Crippen LogP contribution is 2.31. The minimum atomic E-state index is -0.0808. The van der Waals surface area contributed by atoms with Gasteiger partial charge in [0, 0.05) is 17.4 Å². The molecule has 0 saturated carbocycles. The molecule has 0 amide bonds. The second kappa shape index (κ2) is 7.14. The average molecular weight is 313 g/mol. The number of para-hydroxylation sites is 1. The molecule has 2 N–H and O–H groups in total. The molecule has 0 spiro atoms. The summed E-state index contributed by atoms with van der Waals surface area (Å²) in [6, 6.07) is 7.76. The van der Waals surface area contributed by atoms with Gasteiger partial charge < -0.3 is 10.5 Å². The Balaban J connectivity index is 1.98. The zero-order valence-corrected chi connectivity index (χ0v) is 13.1. The van der Waals surface area contributed by atoms with Crippen LogP contribution < -0.4 is 10.5 Å². The molecular formula is C12H15N3OS3. The topological polar surface area (TPSA) is 61.0 Å². The maximum Gasteiger partial charge on any atom is 0.175 e. The Morgan fingerprint density at radius 2 is 2.05 bits per heavy atom. The van der Waals surface area contributed by atoms with Crippen molar-refractivity contribution in [1.82, 2.24) is 10.2 Å². The summed E-state index contributed by atoms with van der Waals surface area (Å²) < 4.78 is 7.26. The number of rotatable bonds is 6. The minimum Gasteiger partial charge on any atom is -0.496 e. The lowest BCUT2D eigenvalue weighted by Crippen LogP contribution is -2.14. The van der Waals surface area contributed by atoms with Crippen LogP contribution in [0.3, 0.4) is 0 Å². The molecule has 19 heavy (non-hydrogen) atoms. The van der Waals surface area contributed by atoms with Crippen LogP contribution in [0, 0.1) is 0 Å². The van der Waals surface area contributed by atoms with E-state index in [2.05, 4.69) is 10.2 Å². The normalized spacial score (nSPS) is 12.4. The molecule has 1 unspecified atom stereocenters. The molecule has 1 atom stereocenters. The summed E-state index contributed by atoms with van der Waals surface area (Å²) in [5.74, 6) is 1.58. The van der Waals surface area contributed by atoms with Crippen molar-refractivity contribution in [2.45, 2.75) is 14.7 Å². The first-order valence-corrected chi connectivity index (χ1v) is 8.66. The van der Waals surface area contributed by atoms with Gasteiger partial charge in [-0.2, -0.15) is 0 Å². The van der Waals surface area contributed by atoms with Gasteiger partial charge in [-0.3, -0.25) is 0 Å². The van der Waals surface area contributed by atoms with Crippen LogP contribution in [0.2, 0.25) is 0 Å². The molecule has 102 valence electrons. The minimum absolute atomic E-state index is 0.0808. The van der Waals surface area contributed by atoms with Crippen molar-refractivity contribution >= 4 is 34.9 Å². The highest BCUT2D eigenvalue weighted by atomic mass is 32.2. The summed E-state index contributed by atoms with van der Waals surface area (Å²) in [5.41, 5.74) is 7.23. The first-order valence-electron chi connectivity index (χ1n) is 5.63. The summed E-state index contributed by atoms with van der Waals surface area (Å²) in [5, 5.41) is 8.18. The van der Waals surface area contributed by atoms with Crippen molar-refractivity contribution in [1.29, 1.82) is 0 Å². The van der Waals surface area contributed by atoms with E-state index < -0.39 is 0 Å². The molecule has 0 radical (unpaired) electrons.